The van der Waals surface area contributed by atoms with E-state index in [0.717, 1.165) is 28.7 Å². The summed E-state index contributed by atoms with van der Waals surface area (Å²) in [7, 11) is 0. The van der Waals surface area contributed by atoms with Gasteiger partial charge in [0.05, 0.1) is 6.54 Å². The van der Waals surface area contributed by atoms with Crippen LogP contribution in [0.25, 0.3) is 0 Å². The Morgan fingerprint density at radius 2 is 1.79 bits per heavy atom. The van der Waals surface area contributed by atoms with Crippen LogP contribution in [-0.2, 0) is 17.6 Å². The number of halogens is 4. The normalized spacial score (nSPS) is 24.5. The predicted molar refractivity (Wildman–Crippen MR) is 132 cm³/mol. The number of alkyl halides is 2. The molecule has 3 aromatic rings. The van der Waals surface area contributed by atoms with Crippen molar-refractivity contribution in [3.05, 3.63) is 71.6 Å². The molecule has 2 atom stereocenters. The molecule has 210 valence electrons. The minimum Gasteiger partial charge on any atom is -0.491 e. The maximum atomic E-state index is 16.3. The number of ether oxygens (including phenoxy) is 1. The average Bonchev–Trinajstić information content (AvgIpc) is 3.33. The molecule has 0 spiro atoms. The monoisotopic (exact) mass is 549 g/mol. The van der Waals surface area contributed by atoms with Crippen molar-refractivity contribution in [2.45, 2.75) is 68.7 Å². The Morgan fingerprint density at radius 3 is 2.38 bits per heavy atom. The van der Waals surface area contributed by atoms with E-state index in [0.29, 0.717) is 18.4 Å². The average molecular weight is 550 g/mol. The molecule has 2 bridgehead atoms. The number of hydrogen-bond donors (Lipinski definition) is 3. The first kappa shape index (κ1) is 27.5. The molecular weight excluding hydrogens is 518 g/mol. The molecule has 3 saturated carbocycles. The summed E-state index contributed by atoms with van der Waals surface area (Å²) in [6, 6.07) is 9.53. The smallest absolute Gasteiger partial charge is 0.287 e. The van der Waals surface area contributed by atoms with Crippen molar-refractivity contribution >= 4 is 0 Å². The lowest BCUT2D eigenvalue weighted by Crippen LogP contribution is -2.76. The molecule has 3 N–H and O–H groups in total. The van der Waals surface area contributed by atoms with Gasteiger partial charge in [-0.25, -0.2) is 22.2 Å². The van der Waals surface area contributed by atoms with Gasteiger partial charge in [0.25, 0.3) is 5.92 Å². The maximum Gasteiger partial charge on any atom is 0.287 e. The summed E-state index contributed by atoms with van der Waals surface area (Å²) in [5.74, 6) is -5.44. The third kappa shape index (κ3) is 4.68. The van der Waals surface area contributed by atoms with Crippen LogP contribution in [0.15, 0.2) is 48.8 Å². The SMILES string of the molecule is CC(C)NC[C@H](O)COc1ccc(C23CC(C(F)(F)[C@](O)(Cn4cnnn4)c4ccc(F)cc4F)(C2)C3)cc1. The molecule has 0 radical (unpaired) electrons. The molecule has 12 heteroatoms. The highest BCUT2D eigenvalue weighted by Gasteiger charge is 2.82. The molecule has 1 heterocycles. The molecule has 3 fully saturated rings. The number of aromatic nitrogens is 4. The molecular formula is C27H31F4N5O3. The first-order valence-corrected chi connectivity index (χ1v) is 12.8. The molecule has 3 aliphatic rings. The zero-order valence-electron chi connectivity index (χ0n) is 21.6. The Kier molecular flexibility index (Phi) is 6.92. The standard InChI is InChI=1S/C27H31F4N5O3/c1-17(2)32-10-20(37)11-39-21-6-3-18(4-7-21)24-12-25(13-24,14-24)27(30,31)26(38,15-36-16-33-34-35-36)22-8-5-19(28)9-23(22)29/h3-9,16-17,20,32,37-38H,10-15H2,1-2H3/t20-,24?,25?,26-/m0/s1. The van der Waals surface area contributed by atoms with E-state index in [-0.39, 0.29) is 31.9 Å². The minimum absolute atomic E-state index is 0.0908. The van der Waals surface area contributed by atoms with Crippen LogP contribution in [-0.4, -0.2) is 61.6 Å². The van der Waals surface area contributed by atoms with Gasteiger partial charge < -0.3 is 20.3 Å². The van der Waals surface area contributed by atoms with E-state index in [2.05, 4.69) is 20.8 Å². The van der Waals surface area contributed by atoms with Gasteiger partial charge in [0.1, 0.15) is 36.4 Å². The van der Waals surface area contributed by atoms with Gasteiger partial charge in [0.2, 0.25) is 0 Å². The Hall–Kier alpha value is -3.09. The molecule has 0 aliphatic heterocycles. The van der Waals surface area contributed by atoms with Crippen molar-refractivity contribution < 1.29 is 32.5 Å². The van der Waals surface area contributed by atoms with E-state index in [9.17, 15) is 19.0 Å². The summed E-state index contributed by atoms with van der Waals surface area (Å²) >= 11 is 0. The van der Waals surface area contributed by atoms with Gasteiger partial charge in [-0.05, 0) is 64.9 Å². The fourth-order valence-electron chi connectivity index (χ4n) is 6.06. The van der Waals surface area contributed by atoms with Gasteiger partial charge in [-0.1, -0.05) is 26.0 Å². The van der Waals surface area contributed by atoms with Gasteiger partial charge in [-0.15, -0.1) is 5.10 Å². The lowest BCUT2D eigenvalue weighted by molar-refractivity contribution is -0.347. The van der Waals surface area contributed by atoms with Crippen LogP contribution in [0.2, 0.25) is 0 Å². The van der Waals surface area contributed by atoms with E-state index in [1.54, 1.807) is 12.1 Å². The van der Waals surface area contributed by atoms with Gasteiger partial charge in [0, 0.05) is 29.6 Å². The van der Waals surface area contributed by atoms with Gasteiger partial charge >= 0.3 is 0 Å². The number of hydrogen-bond acceptors (Lipinski definition) is 7. The highest BCUT2D eigenvalue weighted by molar-refractivity contribution is 5.44. The lowest BCUT2D eigenvalue weighted by Gasteiger charge is -2.74. The van der Waals surface area contributed by atoms with Crippen LogP contribution >= 0.6 is 0 Å². The van der Waals surface area contributed by atoms with Crippen molar-refractivity contribution in [2.24, 2.45) is 5.41 Å². The number of aliphatic hydroxyl groups is 2. The topological polar surface area (TPSA) is 105 Å². The highest BCUT2D eigenvalue weighted by Crippen LogP contribution is 2.80. The molecule has 2 aromatic carbocycles. The van der Waals surface area contributed by atoms with E-state index in [4.69, 9.17) is 4.74 Å². The number of benzene rings is 2. The molecule has 3 aliphatic carbocycles. The van der Waals surface area contributed by atoms with Crippen LogP contribution in [0.4, 0.5) is 17.6 Å². The third-order valence-electron chi connectivity index (χ3n) is 8.05. The van der Waals surface area contributed by atoms with Crippen molar-refractivity contribution in [3.63, 3.8) is 0 Å². The van der Waals surface area contributed by atoms with Crippen molar-refractivity contribution in [2.75, 3.05) is 13.2 Å². The summed E-state index contributed by atoms with van der Waals surface area (Å²) in [5, 5.41) is 35.0. The largest absolute Gasteiger partial charge is 0.491 e. The van der Waals surface area contributed by atoms with E-state index in [1.165, 1.54) is 0 Å². The summed E-state index contributed by atoms with van der Waals surface area (Å²) in [4.78, 5) is 0. The van der Waals surface area contributed by atoms with Crippen LogP contribution in [0, 0.1) is 17.0 Å². The quantitative estimate of drug-likeness (QED) is 0.298. The maximum absolute atomic E-state index is 16.3. The molecule has 0 saturated heterocycles. The first-order chi connectivity index (χ1) is 18.4. The second kappa shape index (κ2) is 9.83. The number of nitrogens with one attached hydrogen (secondary N) is 1. The Morgan fingerprint density at radius 1 is 1.10 bits per heavy atom. The molecule has 0 unspecified atom stereocenters. The molecule has 0 amide bonds. The Balaban J connectivity index is 1.30. The second-order valence-electron chi connectivity index (χ2n) is 11.2. The fraction of sp³-hybridized carbons (Fsp3) is 0.519. The Bertz CT molecular complexity index is 1290. The number of rotatable bonds is 12. The van der Waals surface area contributed by atoms with Gasteiger partial charge in [0.15, 0.2) is 5.60 Å². The third-order valence-corrected chi connectivity index (χ3v) is 8.05. The van der Waals surface area contributed by atoms with Crippen molar-refractivity contribution in [1.29, 1.82) is 0 Å². The van der Waals surface area contributed by atoms with Crippen LogP contribution in [0.1, 0.15) is 44.2 Å². The molecule has 1 aromatic heterocycles. The summed E-state index contributed by atoms with van der Waals surface area (Å²) in [6.45, 7) is 3.66. The predicted octanol–water partition coefficient (Wildman–Crippen LogP) is 3.33. The number of tetrazole rings is 1. The summed E-state index contributed by atoms with van der Waals surface area (Å²) in [6.07, 6.45) is 0.647. The number of nitrogens with zero attached hydrogens (tertiary/aromatic N) is 4. The van der Waals surface area contributed by atoms with Gasteiger partial charge in [-0.3, -0.25) is 0 Å². The molecule has 8 nitrogen and oxygen atoms in total. The van der Waals surface area contributed by atoms with Gasteiger partial charge in [-0.2, -0.15) is 0 Å². The van der Waals surface area contributed by atoms with Crippen LogP contribution in [0.3, 0.4) is 0 Å². The second-order valence-corrected chi connectivity index (χ2v) is 11.2. The first-order valence-electron chi connectivity index (χ1n) is 12.8. The zero-order chi connectivity index (χ0) is 28.1. The zero-order valence-corrected chi connectivity index (χ0v) is 21.6. The van der Waals surface area contributed by atoms with Crippen LogP contribution in [0.5, 0.6) is 5.75 Å². The van der Waals surface area contributed by atoms with Crippen LogP contribution < -0.4 is 10.1 Å². The van der Waals surface area contributed by atoms with E-state index < -0.39 is 52.2 Å². The summed E-state index contributed by atoms with van der Waals surface area (Å²) < 4.78 is 67.5. The molecule has 39 heavy (non-hydrogen) atoms. The van der Waals surface area contributed by atoms with E-state index in [1.807, 2.05) is 26.0 Å². The van der Waals surface area contributed by atoms with E-state index >= 15 is 8.78 Å². The lowest BCUT2D eigenvalue weighted by atomic mass is 9.30. The number of aliphatic hydroxyl groups excluding tert-OH is 1. The molecule has 6 rings (SSSR count). The fourth-order valence-corrected chi connectivity index (χ4v) is 6.06. The van der Waals surface area contributed by atoms with Crippen molar-refractivity contribution in [3.8, 4) is 5.75 Å². The highest BCUT2D eigenvalue weighted by atomic mass is 19.3. The summed E-state index contributed by atoms with van der Waals surface area (Å²) in [5.41, 5.74) is -4.92. The minimum atomic E-state index is -3.78. The van der Waals surface area contributed by atoms with Crippen molar-refractivity contribution in [1.82, 2.24) is 25.5 Å². The Labute approximate surface area is 223 Å².